The Bertz CT molecular complexity index is 769. The fourth-order valence-corrected chi connectivity index (χ4v) is 2.73. The highest BCUT2D eigenvalue weighted by atomic mass is 32.2. The lowest BCUT2D eigenvalue weighted by molar-refractivity contribution is -0.136. The summed E-state index contributed by atoms with van der Waals surface area (Å²) in [6, 6.07) is 13.1. The first kappa shape index (κ1) is 14.4. The van der Waals surface area contributed by atoms with Crippen LogP contribution < -0.4 is 0 Å². The second kappa shape index (κ2) is 6.07. The molecule has 0 radical (unpaired) electrons. The van der Waals surface area contributed by atoms with Gasteiger partial charge in [0.1, 0.15) is 5.25 Å². The maximum atomic E-state index is 11.1. The molecule has 0 spiro atoms. The number of benzene rings is 1. The minimum absolute atomic E-state index is 0.507. The van der Waals surface area contributed by atoms with Gasteiger partial charge in [0.2, 0.25) is 5.82 Å². The molecule has 0 saturated heterocycles. The molecule has 0 amide bonds. The molecule has 0 bridgehead atoms. The number of rotatable bonds is 5. The van der Waals surface area contributed by atoms with Crippen LogP contribution >= 0.6 is 11.8 Å². The molecule has 2 heterocycles. The molecule has 1 aromatic carbocycles. The van der Waals surface area contributed by atoms with Gasteiger partial charge < -0.3 is 9.52 Å². The summed E-state index contributed by atoms with van der Waals surface area (Å²) in [5, 5.41) is 17.3. The summed E-state index contributed by atoms with van der Waals surface area (Å²) >= 11 is 1.14. The number of hydrogen-bond donors (Lipinski definition) is 1. The van der Waals surface area contributed by atoms with Crippen LogP contribution in [0.1, 0.15) is 6.92 Å². The molecule has 3 aromatic rings. The van der Waals surface area contributed by atoms with E-state index in [4.69, 9.17) is 9.52 Å². The standard InChI is InChI=1S/C15H13N3O3S/c1-10(14(19)20)22-15-17-16-13(12-8-5-9-21-12)18(15)11-6-3-2-4-7-11/h2-10H,1H3,(H,19,20)/t10-/m1/s1. The zero-order chi connectivity index (χ0) is 15.5. The lowest BCUT2D eigenvalue weighted by Gasteiger charge is -2.10. The van der Waals surface area contributed by atoms with E-state index in [1.807, 2.05) is 30.3 Å². The van der Waals surface area contributed by atoms with Gasteiger partial charge in [-0.3, -0.25) is 9.36 Å². The summed E-state index contributed by atoms with van der Waals surface area (Å²) in [7, 11) is 0. The molecule has 0 aliphatic heterocycles. The Kier molecular flexibility index (Phi) is 3.97. The number of carboxylic acids is 1. The number of nitrogens with zero attached hydrogens (tertiary/aromatic N) is 3. The Morgan fingerprint density at radius 1 is 1.23 bits per heavy atom. The third kappa shape index (κ3) is 2.75. The minimum atomic E-state index is -0.896. The van der Waals surface area contributed by atoms with Gasteiger partial charge in [-0.25, -0.2) is 0 Å². The number of carboxylic acid groups (broad SMARTS) is 1. The van der Waals surface area contributed by atoms with Crippen LogP contribution in [0.5, 0.6) is 0 Å². The molecule has 0 unspecified atom stereocenters. The largest absolute Gasteiger partial charge is 0.480 e. The van der Waals surface area contributed by atoms with Crippen LogP contribution in [-0.2, 0) is 4.79 Å². The first-order valence-electron chi connectivity index (χ1n) is 6.61. The summed E-state index contributed by atoms with van der Waals surface area (Å²) in [4.78, 5) is 11.1. The SMILES string of the molecule is C[C@@H](Sc1nnc(-c2ccco2)n1-c1ccccc1)C(=O)O. The van der Waals surface area contributed by atoms with Gasteiger partial charge in [-0.15, -0.1) is 10.2 Å². The van der Waals surface area contributed by atoms with Crippen LogP contribution in [0.25, 0.3) is 17.3 Å². The van der Waals surface area contributed by atoms with Crippen molar-refractivity contribution in [2.45, 2.75) is 17.3 Å². The fourth-order valence-electron chi connectivity index (χ4n) is 1.93. The zero-order valence-corrected chi connectivity index (χ0v) is 12.5. The molecule has 6 nitrogen and oxygen atoms in total. The van der Waals surface area contributed by atoms with Gasteiger partial charge in [-0.2, -0.15) is 0 Å². The van der Waals surface area contributed by atoms with Crippen LogP contribution in [0.3, 0.4) is 0 Å². The normalized spacial score (nSPS) is 12.2. The molecule has 1 N–H and O–H groups in total. The molecule has 3 rings (SSSR count). The molecule has 22 heavy (non-hydrogen) atoms. The number of hydrogen-bond acceptors (Lipinski definition) is 5. The van der Waals surface area contributed by atoms with Crippen molar-refractivity contribution in [1.29, 1.82) is 0 Å². The monoisotopic (exact) mass is 315 g/mol. The Morgan fingerprint density at radius 3 is 2.64 bits per heavy atom. The highest BCUT2D eigenvalue weighted by Gasteiger charge is 2.22. The highest BCUT2D eigenvalue weighted by molar-refractivity contribution is 8.00. The summed E-state index contributed by atoms with van der Waals surface area (Å²) in [6.45, 7) is 1.61. The molecule has 112 valence electrons. The third-order valence-corrected chi connectivity index (χ3v) is 4.05. The summed E-state index contributed by atoms with van der Waals surface area (Å²) < 4.78 is 7.19. The van der Waals surface area contributed by atoms with E-state index in [0.717, 1.165) is 17.4 Å². The average Bonchev–Trinajstić information content (AvgIpc) is 3.16. The number of aromatic nitrogens is 3. The van der Waals surface area contributed by atoms with E-state index in [2.05, 4.69) is 10.2 Å². The Balaban J connectivity index is 2.10. The quantitative estimate of drug-likeness (QED) is 0.729. The van der Waals surface area contributed by atoms with Crippen molar-refractivity contribution in [3.63, 3.8) is 0 Å². The molecule has 0 aliphatic rings. The van der Waals surface area contributed by atoms with Crippen LogP contribution in [0.2, 0.25) is 0 Å². The predicted molar refractivity (Wildman–Crippen MR) is 82.0 cm³/mol. The van der Waals surface area contributed by atoms with Crippen molar-refractivity contribution in [2.75, 3.05) is 0 Å². The fraction of sp³-hybridized carbons (Fsp3) is 0.133. The highest BCUT2D eigenvalue weighted by Crippen LogP contribution is 2.30. The second-order valence-corrected chi connectivity index (χ2v) is 5.86. The summed E-state index contributed by atoms with van der Waals surface area (Å²) in [5.41, 5.74) is 0.846. The van der Waals surface area contributed by atoms with Gasteiger partial charge in [-0.1, -0.05) is 30.0 Å². The maximum Gasteiger partial charge on any atom is 0.316 e. The van der Waals surface area contributed by atoms with Gasteiger partial charge in [-0.05, 0) is 31.2 Å². The molecule has 7 heteroatoms. The number of para-hydroxylation sites is 1. The maximum absolute atomic E-state index is 11.1. The first-order valence-corrected chi connectivity index (χ1v) is 7.49. The molecular formula is C15H13N3O3S. The lowest BCUT2D eigenvalue weighted by atomic mass is 10.3. The number of thioether (sulfide) groups is 1. The van der Waals surface area contributed by atoms with Crippen molar-refractivity contribution < 1.29 is 14.3 Å². The van der Waals surface area contributed by atoms with E-state index >= 15 is 0 Å². The van der Waals surface area contributed by atoms with Crippen LogP contribution in [-0.4, -0.2) is 31.1 Å². The van der Waals surface area contributed by atoms with Gasteiger partial charge in [0.05, 0.1) is 6.26 Å². The van der Waals surface area contributed by atoms with Crippen molar-refractivity contribution in [2.24, 2.45) is 0 Å². The van der Waals surface area contributed by atoms with Gasteiger partial charge in [0.15, 0.2) is 10.9 Å². The molecular weight excluding hydrogens is 302 g/mol. The van der Waals surface area contributed by atoms with Crippen LogP contribution in [0.4, 0.5) is 0 Å². The third-order valence-electron chi connectivity index (χ3n) is 3.02. The predicted octanol–water partition coefficient (Wildman–Crippen LogP) is 3.09. The lowest BCUT2D eigenvalue weighted by Crippen LogP contribution is -2.12. The number of carbonyl (C=O) groups is 1. The van der Waals surface area contributed by atoms with Gasteiger partial charge in [0, 0.05) is 5.69 Å². The second-order valence-electron chi connectivity index (χ2n) is 4.55. The molecule has 1 atom stereocenters. The number of furan rings is 1. The van der Waals surface area contributed by atoms with Crippen molar-refractivity contribution >= 4 is 17.7 Å². The van der Waals surface area contributed by atoms with Crippen molar-refractivity contribution in [3.05, 3.63) is 48.7 Å². The molecule has 0 saturated carbocycles. The van der Waals surface area contributed by atoms with Gasteiger partial charge >= 0.3 is 5.97 Å². The molecule has 0 fully saturated rings. The molecule has 2 aromatic heterocycles. The van der Waals surface area contributed by atoms with E-state index in [0.29, 0.717) is 16.7 Å². The topological polar surface area (TPSA) is 81.2 Å². The van der Waals surface area contributed by atoms with Crippen molar-refractivity contribution in [3.8, 4) is 17.3 Å². The number of aliphatic carboxylic acids is 1. The van der Waals surface area contributed by atoms with E-state index in [1.165, 1.54) is 0 Å². The van der Waals surface area contributed by atoms with E-state index in [-0.39, 0.29) is 0 Å². The van der Waals surface area contributed by atoms with Crippen LogP contribution in [0, 0.1) is 0 Å². The smallest absolute Gasteiger partial charge is 0.316 e. The van der Waals surface area contributed by atoms with Crippen molar-refractivity contribution in [1.82, 2.24) is 14.8 Å². The Labute approximate surface area is 130 Å². The first-order chi connectivity index (χ1) is 10.7. The summed E-state index contributed by atoms with van der Waals surface area (Å²) in [6.07, 6.45) is 1.56. The average molecular weight is 315 g/mol. The summed E-state index contributed by atoms with van der Waals surface area (Å²) in [5.74, 6) is 0.217. The zero-order valence-electron chi connectivity index (χ0n) is 11.7. The van der Waals surface area contributed by atoms with E-state index in [9.17, 15) is 4.79 Å². The van der Waals surface area contributed by atoms with Gasteiger partial charge in [0.25, 0.3) is 0 Å². The Hall–Kier alpha value is -2.54. The van der Waals surface area contributed by atoms with E-state index in [1.54, 1.807) is 29.9 Å². The Morgan fingerprint density at radius 2 is 2.00 bits per heavy atom. The molecule has 0 aliphatic carbocycles. The minimum Gasteiger partial charge on any atom is -0.480 e. The van der Waals surface area contributed by atoms with E-state index < -0.39 is 11.2 Å². The van der Waals surface area contributed by atoms with Crippen LogP contribution in [0.15, 0.2) is 58.3 Å².